The molecule has 2 N–H and O–H groups in total. The van der Waals surface area contributed by atoms with Gasteiger partial charge in [-0.05, 0) is 30.7 Å². The first kappa shape index (κ1) is 17.9. The Morgan fingerprint density at radius 1 is 0.871 bits per heavy atom. The van der Waals surface area contributed by atoms with Crippen molar-refractivity contribution in [1.29, 1.82) is 0 Å². The van der Waals surface area contributed by atoms with Gasteiger partial charge in [0, 0.05) is 60.4 Å². The summed E-state index contributed by atoms with van der Waals surface area (Å²) in [6.45, 7) is 5.76. The van der Waals surface area contributed by atoms with Gasteiger partial charge in [-0.1, -0.05) is 24.3 Å². The number of aromatic amines is 2. The first-order chi connectivity index (χ1) is 15.3. The lowest BCUT2D eigenvalue weighted by molar-refractivity contribution is 0.650. The van der Waals surface area contributed by atoms with E-state index in [1.807, 2.05) is 13.1 Å². The standard InChI is InChI=1S/C24H23N7/c1-16-20(13-28-29-16)17-6-7-22-19(12-17)24(27-15-26-22)31-10-8-30(9-11-31)23-14-25-21-5-3-2-4-18(21)23/h2-7,12-15,25H,8-11H2,1H3,(H,28,29). The van der Waals surface area contributed by atoms with Gasteiger partial charge in [-0.2, -0.15) is 5.10 Å². The van der Waals surface area contributed by atoms with Crippen LogP contribution in [0.15, 0.2) is 61.2 Å². The minimum absolute atomic E-state index is 0.917. The molecule has 0 saturated carbocycles. The summed E-state index contributed by atoms with van der Waals surface area (Å²) in [6, 6.07) is 14.8. The zero-order valence-corrected chi connectivity index (χ0v) is 17.3. The Morgan fingerprint density at radius 3 is 2.55 bits per heavy atom. The lowest BCUT2D eigenvalue weighted by Crippen LogP contribution is -2.46. The second-order valence-corrected chi connectivity index (χ2v) is 8.01. The van der Waals surface area contributed by atoms with Crippen LogP contribution >= 0.6 is 0 Å². The molecule has 0 radical (unpaired) electrons. The van der Waals surface area contributed by atoms with E-state index >= 15 is 0 Å². The number of aromatic nitrogens is 5. The minimum atomic E-state index is 0.917. The molecule has 0 spiro atoms. The molecule has 0 amide bonds. The summed E-state index contributed by atoms with van der Waals surface area (Å²) >= 11 is 0. The van der Waals surface area contributed by atoms with E-state index in [0.717, 1.165) is 59.7 Å². The Hall–Kier alpha value is -3.87. The average Bonchev–Trinajstić information content (AvgIpc) is 3.45. The smallest absolute Gasteiger partial charge is 0.140 e. The molecule has 5 aromatic rings. The lowest BCUT2D eigenvalue weighted by Gasteiger charge is -2.36. The van der Waals surface area contributed by atoms with Crippen LogP contribution in [0.1, 0.15) is 5.69 Å². The van der Waals surface area contributed by atoms with Crippen molar-refractivity contribution in [3.63, 3.8) is 0 Å². The van der Waals surface area contributed by atoms with E-state index in [1.54, 1.807) is 6.33 Å². The molecule has 7 nitrogen and oxygen atoms in total. The Bertz CT molecular complexity index is 1380. The highest BCUT2D eigenvalue weighted by molar-refractivity contribution is 5.94. The van der Waals surface area contributed by atoms with Gasteiger partial charge in [0.2, 0.25) is 0 Å². The number of rotatable bonds is 3. The van der Waals surface area contributed by atoms with Crippen molar-refractivity contribution in [3.8, 4) is 11.1 Å². The predicted molar refractivity (Wildman–Crippen MR) is 125 cm³/mol. The number of nitrogens with one attached hydrogen (secondary N) is 2. The van der Waals surface area contributed by atoms with Gasteiger partial charge >= 0.3 is 0 Å². The summed E-state index contributed by atoms with van der Waals surface area (Å²) < 4.78 is 0. The van der Waals surface area contributed by atoms with E-state index in [0.29, 0.717) is 0 Å². The van der Waals surface area contributed by atoms with Crippen LogP contribution in [0.3, 0.4) is 0 Å². The van der Waals surface area contributed by atoms with Crippen LogP contribution in [0, 0.1) is 6.92 Å². The Labute approximate surface area is 179 Å². The first-order valence-electron chi connectivity index (χ1n) is 10.6. The lowest BCUT2D eigenvalue weighted by atomic mass is 10.0. The molecule has 3 aromatic heterocycles. The third-order valence-corrected chi connectivity index (χ3v) is 6.24. The average molecular weight is 409 g/mol. The number of nitrogens with zero attached hydrogens (tertiary/aromatic N) is 5. The molecule has 154 valence electrons. The molecule has 0 aliphatic carbocycles. The second-order valence-electron chi connectivity index (χ2n) is 8.01. The molecule has 4 heterocycles. The number of H-pyrrole nitrogens is 2. The third kappa shape index (κ3) is 3.01. The van der Waals surface area contributed by atoms with E-state index in [4.69, 9.17) is 0 Å². The van der Waals surface area contributed by atoms with Crippen molar-refractivity contribution >= 4 is 33.3 Å². The van der Waals surface area contributed by atoms with Gasteiger partial charge in [0.25, 0.3) is 0 Å². The number of para-hydroxylation sites is 1. The highest BCUT2D eigenvalue weighted by Gasteiger charge is 2.22. The van der Waals surface area contributed by atoms with Gasteiger partial charge in [-0.15, -0.1) is 0 Å². The number of benzene rings is 2. The Morgan fingerprint density at radius 2 is 1.71 bits per heavy atom. The van der Waals surface area contributed by atoms with Crippen LogP contribution < -0.4 is 9.80 Å². The third-order valence-electron chi connectivity index (χ3n) is 6.24. The Balaban J connectivity index is 1.30. The number of fused-ring (bicyclic) bond motifs is 2. The van der Waals surface area contributed by atoms with Crippen LogP contribution in [0.4, 0.5) is 11.5 Å². The Kier molecular flexibility index (Phi) is 4.12. The molecule has 1 aliphatic heterocycles. The normalized spacial score (nSPS) is 14.6. The van der Waals surface area contributed by atoms with Crippen LogP contribution in [-0.4, -0.2) is 51.3 Å². The van der Waals surface area contributed by atoms with Crippen LogP contribution in [0.2, 0.25) is 0 Å². The van der Waals surface area contributed by atoms with Crippen molar-refractivity contribution in [2.75, 3.05) is 36.0 Å². The van der Waals surface area contributed by atoms with E-state index in [1.165, 1.54) is 16.6 Å². The number of piperazine rings is 1. The topological polar surface area (TPSA) is 76.7 Å². The van der Waals surface area contributed by atoms with E-state index in [2.05, 4.69) is 83.6 Å². The van der Waals surface area contributed by atoms with Crippen molar-refractivity contribution in [3.05, 3.63) is 66.9 Å². The molecule has 1 aliphatic rings. The highest BCUT2D eigenvalue weighted by Crippen LogP contribution is 2.32. The molecule has 0 atom stereocenters. The summed E-state index contributed by atoms with van der Waals surface area (Å²) in [5, 5.41) is 9.58. The van der Waals surface area contributed by atoms with Crippen molar-refractivity contribution < 1.29 is 0 Å². The molecular weight excluding hydrogens is 386 g/mol. The minimum Gasteiger partial charge on any atom is -0.366 e. The molecule has 2 aromatic carbocycles. The molecule has 6 rings (SSSR count). The summed E-state index contributed by atoms with van der Waals surface area (Å²) in [7, 11) is 0. The molecule has 0 bridgehead atoms. The molecular formula is C24H23N7. The van der Waals surface area contributed by atoms with E-state index < -0.39 is 0 Å². The maximum Gasteiger partial charge on any atom is 0.140 e. The number of anilines is 2. The predicted octanol–water partition coefficient (Wildman–Crippen LogP) is 4.14. The van der Waals surface area contributed by atoms with Crippen LogP contribution in [0.25, 0.3) is 32.9 Å². The van der Waals surface area contributed by atoms with E-state index in [9.17, 15) is 0 Å². The fourth-order valence-corrected chi connectivity index (χ4v) is 4.59. The second kappa shape index (κ2) is 7.12. The van der Waals surface area contributed by atoms with Gasteiger partial charge in [0.1, 0.15) is 12.1 Å². The summed E-state index contributed by atoms with van der Waals surface area (Å²) in [5.74, 6) is 1.01. The maximum atomic E-state index is 4.68. The molecule has 1 fully saturated rings. The number of hydrogen-bond donors (Lipinski definition) is 2. The zero-order valence-electron chi connectivity index (χ0n) is 17.3. The molecule has 7 heteroatoms. The monoisotopic (exact) mass is 409 g/mol. The molecule has 0 unspecified atom stereocenters. The van der Waals surface area contributed by atoms with Gasteiger partial charge < -0.3 is 14.8 Å². The molecule has 31 heavy (non-hydrogen) atoms. The van der Waals surface area contributed by atoms with Crippen LogP contribution in [-0.2, 0) is 0 Å². The SMILES string of the molecule is Cc1n[nH]cc1-c1ccc2ncnc(N3CCN(c4c[nH]c5ccccc45)CC3)c2c1. The zero-order chi connectivity index (χ0) is 20.8. The van der Waals surface area contributed by atoms with Gasteiger partial charge in [0.15, 0.2) is 0 Å². The van der Waals surface area contributed by atoms with Gasteiger partial charge in [-0.25, -0.2) is 9.97 Å². The summed E-state index contributed by atoms with van der Waals surface area (Å²) in [6.07, 6.45) is 5.74. The number of aryl methyl sites for hydroxylation is 1. The first-order valence-corrected chi connectivity index (χ1v) is 10.6. The van der Waals surface area contributed by atoms with Gasteiger partial charge in [-0.3, -0.25) is 5.10 Å². The summed E-state index contributed by atoms with van der Waals surface area (Å²) in [5.41, 5.74) is 6.66. The molecule has 1 saturated heterocycles. The van der Waals surface area contributed by atoms with E-state index in [-0.39, 0.29) is 0 Å². The quantitative estimate of drug-likeness (QED) is 0.468. The largest absolute Gasteiger partial charge is 0.366 e. The van der Waals surface area contributed by atoms with Gasteiger partial charge in [0.05, 0.1) is 16.9 Å². The fraction of sp³-hybridized carbons (Fsp3) is 0.208. The summed E-state index contributed by atoms with van der Waals surface area (Å²) in [4.78, 5) is 17.4. The maximum absolute atomic E-state index is 4.68. The number of hydrogen-bond acceptors (Lipinski definition) is 5. The van der Waals surface area contributed by atoms with Crippen molar-refractivity contribution in [2.45, 2.75) is 6.92 Å². The highest BCUT2D eigenvalue weighted by atomic mass is 15.3. The van der Waals surface area contributed by atoms with Crippen molar-refractivity contribution in [1.82, 2.24) is 25.1 Å². The van der Waals surface area contributed by atoms with Crippen molar-refractivity contribution in [2.24, 2.45) is 0 Å². The fourth-order valence-electron chi connectivity index (χ4n) is 4.59. The van der Waals surface area contributed by atoms with Crippen LogP contribution in [0.5, 0.6) is 0 Å².